The molecule has 1 heterocycles. The number of aromatic nitrogens is 1. The highest BCUT2D eigenvalue weighted by molar-refractivity contribution is 5.72. The summed E-state index contributed by atoms with van der Waals surface area (Å²) >= 11 is 0. The molecule has 0 aliphatic rings. The first-order valence-electron chi connectivity index (χ1n) is 6.44. The van der Waals surface area contributed by atoms with Gasteiger partial charge in [-0.1, -0.05) is 30.3 Å². The first-order valence-corrected chi connectivity index (χ1v) is 6.44. The number of pyridine rings is 1. The van der Waals surface area contributed by atoms with E-state index in [2.05, 4.69) is 22.4 Å². The molecule has 2 rings (SSSR count). The number of benzene rings is 1. The van der Waals surface area contributed by atoms with Gasteiger partial charge in [0.25, 0.3) is 0 Å². The van der Waals surface area contributed by atoms with Crippen molar-refractivity contribution in [3.8, 4) is 0 Å². The summed E-state index contributed by atoms with van der Waals surface area (Å²) in [6.45, 7) is 2.20. The molecule has 1 aromatic heterocycles. The van der Waals surface area contributed by atoms with Gasteiger partial charge in [-0.25, -0.2) is 0 Å². The predicted molar refractivity (Wildman–Crippen MR) is 75.8 cm³/mol. The highest BCUT2D eigenvalue weighted by Crippen LogP contribution is 2.19. The van der Waals surface area contributed by atoms with Crippen LogP contribution in [0.4, 0.5) is 0 Å². The second kappa shape index (κ2) is 6.69. The van der Waals surface area contributed by atoms with Crippen LogP contribution < -0.4 is 5.32 Å². The van der Waals surface area contributed by atoms with Crippen molar-refractivity contribution in [1.82, 2.24) is 10.3 Å². The van der Waals surface area contributed by atoms with Gasteiger partial charge in [-0.3, -0.25) is 9.78 Å². The van der Waals surface area contributed by atoms with Crippen LogP contribution in [-0.4, -0.2) is 17.4 Å². The first kappa shape index (κ1) is 13.3. The minimum Gasteiger partial charge on any atom is -0.356 e. The molecule has 0 saturated carbocycles. The maximum atomic E-state index is 11.1. The lowest BCUT2D eigenvalue weighted by Gasteiger charge is -2.17. The van der Waals surface area contributed by atoms with Crippen molar-refractivity contribution < 1.29 is 4.79 Å². The Morgan fingerprint density at radius 3 is 2.47 bits per heavy atom. The van der Waals surface area contributed by atoms with Gasteiger partial charge in [0.2, 0.25) is 5.91 Å². The van der Waals surface area contributed by atoms with Gasteiger partial charge >= 0.3 is 0 Å². The van der Waals surface area contributed by atoms with Crippen LogP contribution in [0.25, 0.3) is 0 Å². The summed E-state index contributed by atoms with van der Waals surface area (Å²) < 4.78 is 0. The quantitative estimate of drug-likeness (QED) is 0.891. The van der Waals surface area contributed by atoms with Crippen molar-refractivity contribution in [2.75, 3.05) is 6.54 Å². The molecule has 0 aliphatic carbocycles. The van der Waals surface area contributed by atoms with E-state index in [1.165, 1.54) is 11.1 Å². The maximum absolute atomic E-state index is 11.1. The van der Waals surface area contributed by atoms with E-state index in [0.717, 1.165) is 6.42 Å². The van der Waals surface area contributed by atoms with Gasteiger partial charge in [0.15, 0.2) is 0 Å². The predicted octanol–water partition coefficient (Wildman–Crippen LogP) is 2.54. The third-order valence-corrected chi connectivity index (χ3v) is 3.10. The molecule has 0 saturated heterocycles. The number of carbonyl (C=O) groups excluding carboxylic acids is 1. The zero-order chi connectivity index (χ0) is 13.5. The standard InChI is InChI=1S/C16H18N2O/c1-13(19)18-12-16(15-5-3-2-4-6-15)11-14-7-9-17-10-8-14/h2-10,16H,11-12H2,1H3,(H,18,19). The number of hydrogen-bond acceptors (Lipinski definition) is 2. The zero-order valence-electron chi connectivity index (χ0n) is 11.0. The Morgan fingerprint density at radius 1 is 1.16 bits per heavy atom. The number of amides is 1. The van der Waals surface area contributed by atoms with Gasteiger partial charge in [-0.15, -0.1) is 0 Å². The van der Waals surface area contributed by atoms with Crippen LogP contribution in [0, 0.1) is 0 Å². The Kier molecular flexibility index (Phi) is 4.67. The molecule has 98 valence electrons. The lowest BCUT2D eigenvalue weighted by Crippen LogP contribution is -2.27. The molecule has 0 bridgehead atoms. The largest absolute Gasteiger partial charge is 0.356 e. The van der Waals surface area contributed by atoms with Crippen molar-refractivity contribution >= 4 is 5.91 Å². The van der Waals surface area contributed by atoms with Crippen molar-refractivity contribution in [2.24, 2.45) is 0 Å². The van der Waals surface area contributed by atoms with E-state index >= 15 is 0 Å². The molecule has 0 radical (unpaired) electrons. The summed E-state index contributed by atoms with van der Waals surface area (Å²) in [6.07, 6.45) is 4.50. The van der Waals surface area contributed by atoms with E-state index in [-0.39, 0.29) is 11.8 Å². The van der Waals surface area contributed by atoms with Crippen LogP contribution in [0.15, 0.2) is 54.9 Å². The minimum absolute atomic E-state index is 0.00987. The third kappa shape index (κ3) is 4.21. The van der Waals surface area contributed by atoms with E-state index in [0.29, 0.717) is 6.54 Å². The molecule has 0 aliphatic heterocycles. The average molecular weight is 254 g/mol. The van der Waals surface area contributed by atoms with Crippen molar-refractivity contribution in [3.05, 3.63) is 66.0 Å². The second-order valence-electron chi connectivity index (χ2n) is 4.60. The number of hydrogen-bond donors (Lipinski definition) is 1. The van der Waals surface area contributed by atoms with Crippen molar-refractivity contribution in [3.63, 3.8) is 0 Å². The topological polar surface area (TPSA) is 42.0 Å². The molecule has 1 N–H and O–H groups in total. The second-order valence-corrected chi connectivity index (χ2v) is 4.60. The molecule has 0 spiro atoms. The summed E-state index contributed by atoms with van der Waals surface area (Å²) in [5, 5.41) is 2.91. The smallest absolute Gasteiger partial charge is 0.216 e. The molecule has 1 atom stereocenters. The Balaban J connectivity index is 2.12. The van der Waals surface area contributed by atoms with Crippen molar-refractivity contribution in [1.29, 1.82) is 0 Å². The molecular formula is C16H18N2O. The average Bonchev–Trinajstić information content (AvgIpc) is 2.45. The van der Waals surface area contributed by atoms with Gasteiger partial charge in [0.05, 0.1) is 0 Å². The van der Waals surface area contributed by atoms with Gasteiger partial charge in [0, 0.05) is 31.8 Å². The molecule has 3 nitrogen and oxygen atoms in total. The van der Waals surface area contributed by atoms with E-state index in [1.54, 1.807) is 19.3 Å². The number of nitrogens with one attached hydrogen (secondary N) is 1. The lowest BCUT2D eigenvalue weighted by atomic mass is 9.92. The summed E-state index contributed by atoms with van der Waals surface area (Å²) in [5.74, 6) is 0.295. The summed E-state index contributed by atoms with van der Waals surface area (Å²) in [4.78, 5) is 15.1. The fourth-order valence-electron chi connectivity index (χ4n) is 2.10. The molecule has 0 fully saturated rings. The van der Waals surface area contributed by atoms with E-state index in [9.17, 15) is 4.79 Å². The molecule has 3 heteroatoms. The highest BCUT2D eigenvalue weighted by atomic mass is 16.1. The first-order chi connectivity index (χ1) is 9.25. The van der Waals surface area contributed by atoms with E-state index in [1.807, 2.05) is 30.3 Å². The maximum Gasteiger partial charge on any atom is 0.216 e. The molecule has 2 aromatic rings. The van der Waals surface area contributed by atoms with Crippen LogP contribution in [0.3, 0.4) is 0 Å². The fraction of sp³-hybridized carbons (Fsp3) is 0.250. The molecule has 1 amide bonds. The molecule has 19 heavy (non-hydrogen) atoms. The van der Waals surface area contributed by atoms with E-state index < -0.39 is 0 Å². The molecule has 1 aromatic carbocycles. The van der Waals surface area contributed by atoms with Crippen LogP contribution >= 0.6 is 0 Å². The summed E-state index contributed by atoms with van der Waals surface area (Å²) in [5.41, 5.74) is 2.47. The molecular weight excluding hydrogens is 236 g/mol. The Bertz CT molecular complexity index is 511. The van der Waals surface area contributed by atoms with Gasteiger partial charge in [0.1, 0.15) is 0 Å². The van der Waals surface area contributed by atoms with Crippen LogP contribution in [0.1, 0.15) is 24.0 Å². The SMILES string of the molecule is CC(=O)NCC(Cc1ccncc1)c1ccccc1. The Labute approximate surface area is 113 Å². The highest BCUT2D eigenvalue weighted by Gasteiger charge is 2.12. The minimum atomic E-state index is 0.00987. The summed E-state index contributed by atoms with van der Waals surface area (Å²) in [7, 11) is 0. The summed E-state index contributed by atoms with van der Waals surface area (Å²) in [6, 6.07) is 14.3. The lowest BCUT2D eigenvalue weighted by molar-refractivity contribution is -0.119. The number of carbonyl (C=O) groups is 1. The van der Waals surface area contributed by atoms with Crippen LogP contribution in [0.2, 0.25) is 0 Å². The Morgan fingerprint density at radius 2 is 1.84 bits per heavy atom. The fourth-order valence-corrected chi connectivity index (χ4v) is 2.10. The van der Waals surface area contributed by atoms with Gasteiger partial charge in [-0.05, 0) is 29.7 Å². The third-order valence-electron chi connectivity index (χ3n) is 3.10. The van der Waals surface area contributed by atoms with Crippen molar-refractivity contribution in [2.45, 2.75) is 19.3 Å². The van der Waals surface area contributed by atoms with Crippen LogP contribution in [0.5, 0.6) is 0 Å². The number of nitrogens with zero attached hydrogens (tertiary/aromatic N) is 1. The van der Waals surface area contributed by atoms with E-state index in [4.69, 9.17) is 0 Å². The zero-order valence-corrected chi connectivity index (χ0v) is 11.0. The monoisotopic (exact) mass is 254 g/mol. The van der Waals surface area contributed by atoms with Crippen LogP contribution in [-0.2, 0) is 11.2 Å². The van der Waals surface area contributed by atoms with Gasteiger partial charge in [-0.2, -0.15) is 0 Å². The normalized spacial score (nSPS) is 11.8. The molecule has 1 unspecified atom stereocenters. The number of rotatable bonds is 5. The Hall–Kier alpha value is -2.16. The van der Waals surface area contributed by atoms with Gasteiger partial charge < -0.3 is 5.32 Å².